The van der Waals surface area contributed by atoms with E-state index in [-0.39, 0.29) is 6.04 Å². The molecule has 3 aromatic rings. The van der Waals surface area contributed by atoms with Crippen molar-refractivity contribution in [2.45, 2.75) is 13.0 Å². The summed E-state index contributed by atoms with van der Waals surface area (Å²) in [6.07, 6.45) is 0. The summed E-state index contributed by atoms with van der Waals surface area (Å²) in [5.74, 6) is 0.837. The zero-order chi connectivity index (χ0) is 14.3. The molecule has 1 atom stereocenters. The van der Waals surface area contributed by atoms with Crippen LogP contribution in [0.4, 0.5) is 0 Å². The number of benzene rings is 1. The highest BCUT2D eigenvalue weighted by Gasteiger charge is 2.21. The van der Waals surface area contributed by atoms with Gasteiger partial charge in [0.2, 0.25) is 0 Å². The summed E-state index contributed by atoms with van der Waals surface area (Å²) in [6, 6.07) is 9.97. The second kappa shape index (κ2) is 5.41. The van der Waals surface area contributed by atoms with Crippen LogP contribution in [0.2, 0.25) is 8.67 Å². The van der Waals surface area contributed by atoms with Crippen LogP contribution in [0.15, 0.2) is 34.7 Å². The topological polar surface area (TPSA) is 25.2 Å². The van der Waals surface area contributed by atoms with Crippen molar-refractivity contribution in [3.05, 3.63) is 55.9 Å². The average Bonchev–Trinajstić information content (AvgIpc) is 2.94. The molecule has 0 amide bonds. The maximum Gasteiger partial charge on any atom is 0.134 e. The first-order chi connectivity index (χ1) is 9.58. The van der Waals surface area contributed by atoms with Crippen LogP contribution in [0.1, 0.15) is 22.9 Å². The van der Waals surface area contributed by atoms with Gasteiger partial charge in [-0.25, -0.2) is 0 Å². The first kappa shape index (κ1) is 14.0. The van der Waals surface area contributed by atoms with Gasteiger partial charge < -0.3 is 9.73 Å². The minimum absolute atomic E-state index is 0.0982. The number of aryl methyl sites for hydroxylation is 1. The molecule has 0 aliphatic rings. The lowest BCUT2D eigenvalue weighted by molar-refractivity contribution is 0.492. The summed E-state index contributed by atoms with van der Waals surface area (Å²) in [5.41, 5.74) is 3.03. The first-order valence-electron chi connectivity index (χ1n) is 6.20. The Kier molecular flexibility index (Phi) is 3.78. The Morgan fingerprint density at radius 2 is 2.00 bits per heavy atom. The summed E-state index contributed by atoms with van der Waals surface area (Å²) < 4.78 is 7.30. The number of nitrogens with one attached hydrogen (secondary N) is 1. The van der Waals surface area contributed by atoms with Crippen LogP contribution in [0.3, 0.4) is 0 Å². The fourth-order valence-corrected chi connectivity index (χ4v) is 3.86. The first-order valence-corrected chi connectivity index (χ1v) is 7.78. The Labute approximate surface area is 131 Å². The van der Waals surface area contributed by atoms with Crippen molar-refractivity contribution in [1.29, 1.82) is 0 Å². The molecule has 0 bridgehead atoms. The van der Waals surface area contributed by atoms with E-state index in [0.717, 1.165) is 22.3 Å². The van der Waals surface area contributed by atoms with Gasteiger partial charge in [0.1, 0.15) is 11.3 Å². The van der Waals surface area contributed by atoms with E-state index in [9.17, 15) is 0 Å². The molecular weight excluding hydrogens is 313 g/mol. The van der Waals surface area contributed by atoms with Gasteiger partial charge in [-0.3, -0.25) is 0 Å². The molecule has 0 aliphatic carbocycles. The summed E-state index contributed by atoms with van der Waals surface area (Å²) in [4.78, 5) is 0. The smallest absolute Gasteiger partial charge is 0.134 e. The predicted octanol–water partition coefficient (Wildman–Crippen LogP) is 5.42. The minimum Gasteiger partial charge on any atom is -0.459 e. The Morgan fingerprint density at radius 3 is 2.65 bits per heavy atom. The molecule has 0 radical (unpaired) electrons. The molecular formula is C15H13Cl2NOS. The van der Waals surface area contributed by atoms with Crippen LogP contribution < -0.4 is 5.32 Å². The van der Waals surface area contributed by atoms with Gasteiger partial charge in [0.15, 0.2) is 0 Å². The third kappa shape index (κ3) is 2.47. The number of furan rings is 1. The largest absolute Gasteiger partial charge is 0.459 e. The van der Waals surface area contributed by atoms with Crippen LogP contribution in [0.25, 0.3) is 11.0 Å². The van der Waals surface area contributed by atoms with Crippen molar-refractivity contribution in [1.82, 2.24) is 5.32 Å². The maximum atomic E-state index is 6.24. The lowest BCUT2D eigenvalue weighted by Gasteiger charge is -2.12. The monoisotopic (exact) mass is 325 g/mol. The Bertz CT molecular complexity index is 762. The molecule has 5 heteroatoms. The minimum atomic E-state index is -0.0982. The Hall–Kier alpha value is -1.00. The van der Waals surface area contributed by atoms with Gasteiger partial charge in [-0.1, -0.05) is 34.8 Å². The van der Waals surface area contributed by atoms with Gasteiger partial charge in [-0.2, -0.15) is 0 Å². The lowest BCUT2D eigenvalue weighted by Crippen LogP contribution is -2.16. The molecule has 0 saturated heterocycles. The lowest BCUT2D eigenvalue weighted by atomic mass is 10.1. The van der Waals surface area contributed by atoms with Crippen molar-refractivity contribution >= 4 is 45.5 Å². The van der Waals surface area contributed by atoms with Crippen LogP contribution >= 0.6 is 34.5 Å². The van der Waals surface area contributed by atoms with Gasteiger partial charge in [0.05, 0.1) is 14.7 Å². The number of hydrogen-bond donors (Lipinski definition) is 1. The number of fused-ring (bicyclic) bond motifs is 1. The van der Waals surface area contributed by atoms with Crippen molar-refractivity contribution in [2.75, 3.05) is 7.05 Å². The Balaban J connectivity index is 2.09. The molecule has 1 aromatic carbocycles. The van der Waals surface area contributed by atoms with E-state index in [1.807, 2.05) is 31.3 Å². The van der Waals surface area contributed by atoms with E-state index in [4.69, 9.17) is 27.6 Å². The van der Waals surface area contributed by atoms with Gasteiger partial charge in [0.25, 0.3) is 0 Å². The molecule has 1 N–H and O–H groups in total. The van der Waals surface area contributed by atoms with Crippen LogP contribution in [-0.4, -0.2) is 7.05 Å². The fourth-order valence-electron chi connectivity index (χ4n) is 2.33. The maximum absolute atomic E-state index is 6.24. The van der Waals surface area contributed by atoms with Crippen LogP contribution in [0, 0.1) is 6.92 Å². The summed E-state index contributed by atoms with van der Waals surface area (Å²) in [7, 11) is 1.88. The van der Waals surface area contributed by atoms with E-state index < -0.39 is 0 Å². The predicted molar refractivity (Wildman–Crippen MR) is 86.2 cm³/mol. The Morgan fingerprint density at radius 1 is 1.20 bits per heavy atom. The highest BCUT2D eigenvalue weighted by atomic mass is 35.5. The number of rotatable bonds is 3. The van der Waals surface area contributed by atoms with Crippen LogP contribution in [-0.2, 0) is 0 Å². The highest BCUT2D eigenvalue weighted by Crippen LogP contribution is 2.38. The van der Waals surface area contributed by atoms with Crippen molar-refractivity contribution in [3.8, 4) is 0 Å². The van der Waals surface area contributed by atoms with Crippen molar-refractivity contribution in [3.63, 3.8) is 0 Å². The summed E-state index contributed by atoms with van der Waals surface area (Å²) in [5, 5.41) is 4.33. The molecule has 3 rings (SSSR count). The second-order valence-electron chi connectivity index (χ2n) is 4.69. The molecule has 0 aliphatic heterocycles. The number of thiophene rings is 1. The molecule has 0 saturated carbocycles. The quantitative estimate of drug-likeness (QED) is 0.695. The molecule has 20 heavy (non-hydrogen) atoms. The number of hydrogen-bond acceptors (Lipinski definition) is 3. The van der Waals surface area contributed by atoms with E-state index in [1.165, 1.54) is 16.9 Å². The zero-order valence-electron chi connectivity index (χ0n) is 11.0. The zero-order valence-corrected chi connectivity index (χ0v) is 13.4. The molecule has 2 heterocycles. The van der Waals surface area contributed by atoms with Gasteiger partial charge in [0, 0.05) is 10.9 Å². The highest BCUT2D eigenvalue weighted by molar-refractivity contribution is 7.20. The summed E-state index contributed by atoms with van der Waals surface area (Å²) >= 11 is 13.6. The van der Waals surface area contributed by atoms with Crippen LogP contribution in [0.5, 0.6) is 0 Å². The van der Waals surface area contributed by atoms with E-state index in [1.54, 1.807) is 0 Å². The SMILES string of the molecule is CNC(c1cc2cc(C)ccc2o1)c1cc(Cl)sc1Cl. The molecule has 0 fully saturated rings. The van der Waals surface area contributed by atoms with Gasteiger partial charge in [-0.05, 0) is 38.2 Å². The molecule has 2 aromatic heterocycles. The van der Waals surface area contributed by atoms with Gasteiger partial charge >= 0.3 is 0 Å². The van der Waals surface area contributed by atoms with E-state index >= 15 is 0 Å². The standard InChI is InChI=1S/C15H13Cl2NOS/c1-8-3-4-11-9(5-8)6-12(19-11)14(18-2)10-7-13(16)20-15(10)17/h3-7,14,18H,1-2H3. The van der Waals surface area contributed by atoms with Crippen molar-refractivity contribution < 1.29 is 4.42 Å². The number of halogens is 2. The van der Waals surface area contributed by atoms with Crippen molar-refractivity contribution in [2.24, 2.45) is 0 Å². The van der Waals surface area contributed by atoms with E-state index in [0.29, 0.717) is 8.67 Å². The molecule has 104 valence electrons. The molecule has 1 unspecified atom stereocenters. The summed E-state index contributed by atoms with van der Waals surface area (Å²) in [6.45, 7) is 2.07. The normalized spacial score (nSPS) is 13.0. The average molecular weight is 326 g/mol. The third-order valence-corrected chi connectivity index (χ3v) is 4.78. The van der Waals surface area contributed by atoms with Gasteiger partial charge in [-0.15, -0.1) is 11.3 Å². The molecule has 0 spiro atoms. The van der Waals surface area contributed by atoms with E-state index in [2.05, 4.69) is 18.3 Å². The molecule has 2 nitrogen and oxygen atoms in total. The fraction of sp³-hybridized carbons (Fsp3) is 0.200. The second-order valence-corrected chi connectivity index (χ2v) is 6.98. The third-order valence-electron chi connectivity index (χ3n) is 3.26.